The number of benzene rings is 1. The van der Waals surface area contributed by atoms with Crippen LogP contribution in [0.15, 0.2) is 36.5 Å². The molecule has 1 amide bonds. The molecule has 1 fully saturated rings. The first kappa shape index (κ1) is 20.4. The molecule has 1 aliphatic rings. The molecule has 148 valence electrons. The number of rotatable bonds is 5. The van der Waals surface area contributed by atoms with Gasteiger partial charge in [-0.2, -0.15) is 0 Å². The summed E-state index contributed by atoms with van der Waals surface area (Å²) in [5.74, 6) is 0.189. The monoisotopic (exact) mass is 422 g/mol. The molecule has 2 heterocycles. The highest BCUT2D eigenvalue weighted by Crippen LogP contribution is 2.26. The maximum absolute atomic E-state index is 12.3. The number of nitrogens with zero attached hydrogens (tertiary/aromatic N) is 3. The third-order valence-corrected chi connectivity index (χ3v) is 4.90. The van der Waals surface area contributed by atoms with E-state index in [1.807, 2.05) is 0 Å². The van der Waals surface area contributed by atoms with Crippen molar-refractivity contribution in [2.24, 2.45) is 0 Å². The number of pyridine rings is 1. The van der Waals surface area contributed by atoms with Crippen molar-refractivity contribution < 1.29 is 14.3 Å². The minimum absolute atomic E-state index is 0.109. The molecule has 0 bridgehead atoms. The molecule has 1 aromatic carbocycles. The van der Waals surface area contributed by atoms with Crippen molar-refractivity contribution in [2.45, 2.75) is 0 Å². The van der Waals surface area contributed by atoms with Crippen LogP contribution in [0.3, 0.4) is 0 Å². The molecule has 0 aliphatic carbocycles. The van der Waals surface area contributed by atoms with Gasteiger partial charge in [-0.25, -0.2) is 9.78 Å². The largest absolute Gasteiger partial charge is 0.465 e. The first-order chi connectivity index (χ1) is 13.5. The normalized spacial score (nSPS) is 14.6. The van der Waals surface area contributed by atoms with E-state index >= 15 is 0 Å². The standard InChI is InChI=1S/C19H20Cl2N4O3/c1-28-19(27)13-2-4-15(5-3-13)23-17(26)12-24-6-8-25(9-7-24)18-16(21)10-14(20)11-22-18/h2-5,10-11H,6-9,12H2,1H3,(H,23,26). The average Bonchev–Trinajstić information content (AvgIpc) is 2.69. The van der Waals surface area contributed by atoms with Crippen molar-refractivity contribution in [1.82, 2.24) is 9.88 Å². The van der Waals surface area contributed by atoms with Crippen molar-refractivity contribution >= 4 is 46.6 Å². The third kappa shape index (κ3) is 5.13. The number of methoxy groups -OCH3 is 1. The molecular weight excluding hydrogens is 403 g/mol. The van der Waals surface area contributed by atoms with Crippen LogP contribution in [0.4, 0.5) is 11.5 Å². The molecule has 3 rings (SSSR count). The van der Waals surface area contributed by atoms with Crippen molar-refractivity contribution in [3.05, 3.63) is 52.1 Å². The molecule has 0 unspecified atom stereocenters. The summed E-state index contributed by atoms with van der Waals surface area (Å²) in [6.45, 7) is 3.16. The molecule has 1 saturated heterocycles. The minimum atomic E-state index is -0.411. The molecule has 28 heavy (non-hydrogen) atoms. The quantitative estimate of drug-likeness (QED) is 0.746. The average molecular weight is 423 g/mol. The zero-order valence-corrected chi connectivity index (χ0v) is 16.8. The molecular formula is C19H20Cl2N4O3. The van der Waals surface area contributed by atoms with Crippen molar-refractivity contribution in [1.29, 1.82) is 0 Å². The maximum atomic E-state index is 12.3. The Morgan fingerprint density at radius 3 is 2.43 bits per heavy atom. The summed E-state index contributed by atoms with van der Waals surface area (Å²) in [5.41, 5.74) is 1.07. The summed E-state index contributed by atoms with van der Waals surface area (Å²) < 4.78 is 4.66. The van der Waals surface area contributed by atoms with E-state index in [9.17, 15) is 9.59 Å². The number of amides is 1. The van der Waals surface area contributed by atoms with Gasteiger partial charge in [0.1, 0.15) is 5.82 Å². The molecule has 0 atom stereocenters. The number of hydrogen-bond acceptors (Lipinski definition) is 6. The maximum Gasteiger partial charge on any atom is 0.337 e. The smallest absolute Gasteiger partial charge is 0.337 e. The minimum Gasteiger partial charge on any atom is -0.465 e. The van der Waals surface area contributed by atoms with Gasteiger partial charge in [-0.1, -0.05) is 23.2 Å². The van der Waals surface area contributed by atoms with Crippen LogP contribution in [0.5, 0.6) is 0 Å². The number of ether oxygens (including phenoxy) is 1. The number of esters is 1. The Bertz CT molecular complexity index is 853. The topological polar surface area (TPSA) is 74.8 Å². The van der Waals surface area contributed by atoms with Crippen LogP contribution in [-0.2, 0) is 9.53 Å². The number of aromatic nitrogens is 1. The number of hydrogen-bond donors (Lipinski definition) is 1. The lowest BCUT2D eigenvalue weighted by atomic mass is 10.2. The second kappa shape index (κ2) is 9.23. The summed E-state index contributed by atoms with van der Waals surface area (Å²) in [7, 11) is 1.33. The Kier molecular flexibility index (Phi) is 6.72. The predicted octanol–water partition coefficient (Wildman–Crippen LogP) is 2.94. The van der Waals surface area contributed by atoms with Gasteiger partial charge < -0.3 is 15.0 Å². The van der Waals surface area contributed by atoms with Crippen molar-refractivity contribution in [2.75, 3.05) is 50.1 Å². The van der Waals surface area contributed by atoms with Gasteiger partial charge in [0.2, 0.25) is 5.91 Å². The summed E-state index contributed by atoms with van der Waals surface area (Å²) in [6, 6.07) is 8.26. The van der Waals surface area contributed by atoms with E-state index in [0.29, 0.717) is 27.1 Å². The predicted molar refractivity (Wildman–Crippen MR) is 109 cm³/mol. The van der Waals surface area contributed by atoms with E-state index in [0.717, 1.165) is 26.2 Å². The Hall–Kier alpha value is -2.35. The molecule has 9 heteroatoms. The molecule has 0 saturated carbocycles. The van der Waals surface area contributed by atoms with E-state index in [1.54, 1.807) is 36.5 Å². The van der Waals surface area contributed by atoms with Crippen LogP contribution < -0.4 is 10.2 Å². The fourth-order valence-electron chi connectivity index (χ4n) is 2.97. The zero-order valence-electron chi connectivity index (χ0n) is 15.3. The first-order valence-electron chi connectivity index (χ1n) is 8.73. The molecule has 2 aromatic rings. The SMILES string of the molecule is COC(=O)c1ccc(NC(=O)CN2CCN(c3ncc(Cl)cc3Cl)CC2)cc1. The van der Waals surface area contributed by atoms with Crippen molar-refractivity contribution in [3.8, 4) is 0 Å². The number of anilines is 2. The van der Waals surface area contributed by atoms with Crippen LogP contribution in [-0.4, -0.2) is 61.6 Å². The lowest BCUT2D eigenvalue weighted by Crippen LogP contribution is -2.49. The van der Waals surface area contributed by atoms with E-state index in [2.05, 4.69) is 24.8 Å². The van der Waals surface area contributed by atoms with Gasteiger partial charge in [0.05, 0.1) is 29.3 Å². The Labute approximate surface area is 173 Å². The highest BCUT2D eigenvalue weighted by atomic mass is 35.5. The molecule has 0 radical (unpaired) electrons. The van der Waals surface area contributed by atoms with E-state index < -0.39 is 5.97 Å². The lowest BCUT2D eigenvalue weighted by Gasteiger charge is -2.35. The highest BCUT2D eigenvalue weighted by molar-refractivity contribution is 6.36. The number of carbonyl (C=O) groups excluding carboxylic acids is 2. The van der Waals surface area contributed by atoms with E-state index in [-0.39, 0.29) is 12.5 Å². The fourth-order valence-corrected chi connectivity index (χ4v) is 3.47. The van der Waals surface area contributed by atoms with Crippen LogP contribution in [0, 0.1) is 0 Å². The van der Waals surface area contributed by atoms with Gasteiger partial charge in [-0.3, -0.25) is 9.69 Å². The lowest BCUT2D eigenvalue weighted by molar-refractivity contribution is -0.117. The summed E-state index contributed by atoms with van der Waals surface area (Å²) in [5, 5.41) is 3.86. The van der Waals surface area contributed by atoms with Crippen molar-refractivity contribution in [3.63, 3.8) is 0 Å². The van der Waals surface area contributed by atoms with E-state index in [4.69, 9.17) is 23.2 Å². The second-order valence-electron chi connectivity index (χ2n) is 6.34. The van der Waals surface area contributed by atoms with Crippen LogP contribution >= 0.6 is 23.2 Å². The van der Waals surface area contributed by atoms with Gasteiger partial charge in [-0.05, 0) is 30.3 Å². The van der Waals surface area contributed by atoms with E-state index in [1.165, 1.54) is 7.11 Å². The van der Waals surface area contributed by atoms with Crippen LogP contribution in [0.2, 0.25) is 10.0 Å². The Morgan fingerprint density at radius 1 is 1.14 bits per heavy atom. The zero-order chi connectivity index (χ0) is 20.1. The Morgan fingerprint density at radius 2 is 1.82 bits per heavy atom. The fraction of sp³-hybridized carbons (Fsp3) is 0.316. The number of piperazine rings is 1. The molecule has 1 aliphatic heterocycles. The molecule has 1 aromatic heterocycles. The molecule has 1 N–H and O–H groups in total. The molecule has 7 nitrogen and oxygen atoms in total. The second-order valence-corrected chi connectivity index (χ2v) is 7.18. The number of halogens is 2. The van der Waals surface area contributed by atoms with Gasteiger partial charge in [0.25, 0.3) is 0 Å². The van der Waals surface area contributed by atoms with Gasteiger partial charge in [-0.15, -0.1) is 0 Å². The summed E-state index contributed by atoms with van der Waals surface area (Å²) in [4.78, 5) is 32.2. The van der Waals surface area contributed by atoms with Crippen LogP contribution in [0.25, 0.3) is 0 Å². The summed E-state index contributed by atoms with van der Waals surface area (Å²) >= 11 is 12.1. The van der Waals surface area contributed by atoms with Crippen LogP contribution in [0.1, 0.15) is 10.4 Å². The Balaban J connectivity index is 1.49. The number of carbonyl (C=O) groups is 2. The highest BCUT2D eigenvalue weighted by Gasteiger charge is 2.21. The number of nitrogens with one attached hydrogen (secondary N) is 1. The van der Waals surface area contributed by atoms with Gasteiger partial charge in [0, 0.05) is 38.1 Å². The van der Waals surface area contributed by atoms with Gasteiger partial charge >= 0.3 is 5.97 Å². The van der Waals surface area contributed by atoms with Gasteiger partial charge in [0.15, 0.2) is 0 Å². The third-order valence-electron chi connectivity index (χ3n) is 4.42. The molecule has 0 spiro atoms. The first-order valence-corrected chi connectivity index (χ1v) is 9.48. The summed E-state index contributed by atoms with van der Waals surface area (Å²) in [6.07, 6.45) is 1.58.